The lowest BCUT2D eigenvalue weighted by Gasteiger charge is -2.29. The van der Waals surface area contributed by atoms with E-state index in [9.17, 15) is 0 Å². The van der Waals surface area contributed by atoms with Crippen LogP contribution in [-0.4, -0.2) is 23.1 Å². The second kappa shape index (κ2) is 6.03. The Morgan fingerprint density at radius 3 is 2.94 bits per heavy atom. The van der Waals surface area contributed by atoms with Gasteiger partial charge in [0, 0.05) is 17.8 Å². The van der Waals surface area contributed by atoms with E-state index in [1.54, 1.807) is 7.11 Å². The molecule has 1 aromatic rings. The quantitative estimate of drug-likeness (QED) is 0.890. The number of aromatic nitrogens is 2. The van der Waals surface area contributed by atoms with Crippen LogP contribution in [0.15, 0.2) is 6.07 Å². The van der Waals surface area contributed by atoms with Crippen LogP contribution < -0.4 is 10.1 Å². The number of anilines is 1. The number of aryl methyl sites for hydroxylation is 1. The fourth-order valence-corrected chi connectivity index (χ4v) is 2.68. The smallest absolute Gasteiger partial charge is 0.226 e. The molecule has 1 aliphatic carbocycles. The van der Waals surface area contributed by atoms with Crippen LogP contribution in [-0.2, 0) is 0 Å². The van der Waals surface area contributed by atoms with Gasteiger partial charge in [-0.25, -0.2) is 4.98 Å². The fraction of sp³-hybridized carbons (Fsp3) is 0.714. The maximum Gasteiger partial charge on any atom is 0.226 e. The van der Waals surface area contributed by atoms with Crippen LogP contribution in [0.4, 0.5) is 5.95 Å². The molecule has 1 N–H and O–H groups in total. The minimum Gasteiger partial charge on any atom is -0.481 e. The Bertz CT molecular complexity index is 395. The van der Waals surface area contributed by atoms with Gasteiger partial charge in [-0.05, 0) is 25.7 Å². The molecular weight excluding hydrogens is 226 g/mol. The summed E-state index contributed by atoms with van der Waals surface area (Å²) in [4.78, 5) is 8.78. The van der Waals surface area contributed by atoms with Crippen molar-refractivity contribution in [3.63, 3.8) is 0 Å². The van der Waals surface area contributed by atoms with Crippen molar-refractivity contribution < 1.29 is 4.74 Å². The Morgan fingerprint density at radius 2 is 2.22 bits per heavy atom. The summed E-state index contributed by atoms with van der Waals surface area (Å²) in [6, 6.07) is 2.36. The molecule has 2 unspecified atom stereocenters. The summed E-state index contributed by atoms with van der Waals surface area (Å²) in [5, 5.41) is 3.46. The lowest BCUT2D eigenvalue weighted by atomic mass is 9.84. The van der Waals surface area contributed by atoms with Crippen LogP contribution in [0.1, 0.15) is 44.7 Å². The summed E-state index contributed by atoms with van der Waals surface area (Å²) in [5.41, 5.74) is 0.937. The first-order chi connectivity index (χ1) is 8.71. The minimum atomic E-state index is 0.509. The Labute approximate surface area is 109 Å². The Kier molecular flexibility index (Phi) is 4.39. The highest BCUT2D eigenvalue weighted by atomic mass is 16.5. The summed E-state index contributed by atoms with van der Waals surface area (Å²) in [5.74, 6) is 2.18. The van der Waals surface area contributed by atoms with Crippen LogP contribution in [0.5, 0.6) is 5.88 Å². The zero-order valence-corrected chi connectivity index (χ0v) is 11.6. The number of methoxy groups -OCH3 is 1. The van der Waals surface area contributed by atoms with Crippen molar-refractivity contribution in [2.24, 2.45) is 5.92 Å². The van der Waals surface area contributed by atoms with Crippen molar-refractivity contribution in [1.82, 2.24) is 9.97 Å². The normalized spacial score (nSPS) is 23.7. The molecule has 4 heteroatoms. The summed E-state index contributed by atoms with van der Waals surface area (Å²) in [7, 11) is 1.64. The monoisotopic (exact) mass is 249 g/mol. The largest absolute Gasteiger partial charge is 0.481 e. The molecule has 1 aliphatic rings. The molecule has 0 spiro atoms. The highest BCUT2D eigenvalue weighted by Gasteiger charge is 2.21. The van der Waals surface area contributed by atoms with E-state index in [0.717, 1.165) is 11.6 Å². The van der Waals surface area contributed by atoms with Crippen LogP contribution in [0.2, 0.25) is 0 Å². The highest BCUT2D eigenvalue weighted by Crippen LogP contribution is 2.28. The van der Waals surface area contributed by atoms with E-state index in [1.165, 1.54) is 32.1 Å². The van der Waals surface area contributed by atoms with E-state index in [0.29, 0.717) is 17.9 Å². The second-order valence-electron chi connectivity index (χ2n) is 5.16. The number of hydrogen-bond donors (Lipinski definition) is 1. The lowest BCUT2D eigenvalue weighted by Crippen LogP contribution is -2.28. The van der Waals surface area contributed by atoms with Crippen LogP contribution in [0.3, 0.4) is 0 Å². The van der Waals surface area contributed by atoms with Crippen molar-refractivity contribution in [2.75, 3.05) is 12.4 Å². The Hall–Kier alpha value is -1.32. The standard InChI is InChI=1S/C14H23N3O/c1-4-11-6-5-7-12(9-11)16-14-15-10(2)8-13(17-14)18-3/h8,11-12H,4-7,9H2,1-3H3,(H,15,16,17). The number of hydrogen-bond acceptors (Lipinski definition) is 4. The average Bonchev–Trinajstić information content (AvgIpc) is 2.38. The first-order valence-corrected chi connectivity index (χ1v) is 6.87. The lowest BCUT2D eigenvalue weighted by molar-refractivity contribution is 0.326. The number of nitrogens with zero attached hydrogens (tertiary/aromatic N) is 2. The van der Waals surface area contributed by atoms with Gasteiger partial charge in [-0.3, -0.25) is 0 Å². The van der Waals surface area contributed by atoms with Gasteiger partial charge in [-0.1, -0.05) is 26.2 Å². The van der Waals surface area contributed by atoms with E-state index in [1.807, 2.05) is 13.0 Å². The summed E-state index contributed by atoms with van der Waals surface area (Å²) in [6.07, 6.45) is 6.40. The van der Waals surface area contributed by atoms with Crippen molar-refractivity contribution in [2.45, 2.75) is 52.0 Å². The van der Waals surface area contributed by atoms with Crippen molar-refractivity contribution in [3.05, 3.63) is 11.8 Å². The van der Waals surface area contributed by atoms with Crippen LogP contribution >= 0.6 is 0 Å². The highest BCUT2D eigenvalue weighted by molar-refractivity contribution is 5.31. The molecule has 2 rings (SSSR count). The molecular formula is C14H23N3O. The van der Waals surface area contributed by atoms with Crippen LogP contribution in [0.25, 0.3) is 0 Å². The van der Waals surface area contributed by atoms with E-state index < -0.39 is 0 Å². The number of ether oxygens (including phenoxy) is 1. The molecule has 0 saturated heterocycles. The molecule has 100 valence electrons. The molecule has 0 bridgehead atoms. The molecule has 1 fully saturated rings. The molecule has 1 aromatic heterocycles. The summed E-state index contributed by atoms with van der Waals surface area (Å²) >= 11 is 0. The van der Waals surface area contributed by atoms with E-state index in [2.05, 4.69) is 22.2 Å². The third-order valence-corrected chi connectivity index (χ3v) is 3.73. The first-order valence-electron chi connectivity index (χ1n) is 6.87. The third kappa shape index (κ3) is 3.34. The number of nitrogens with one attached hydrogen (secondary N) is 1. The average molecular weight is 249 g/mol. The SMILES string of the molecule is CCC1CCCC(Nc2nc(C)cc(OC)n2)C1. The van der Waals surface area contributed by atoms with Gasteiger partial charge in [0.1, 0.15) is 0 Å². The topological polar surface area (TPSA) is 47.0 Å². The second-order valence-corrected chi connectivity index (χ2v) is 5.16. The first kappa shape index (κ1) is 13.1. The molecule has 0 aromatic carbocycles. The third-order valence-electron chi connectivity index (χ3n) is 3.73. The van der Waals surface area contributed by atoms with E-state index in [-0.39, 0.29) is 0 Å². The minimum absolute atomic E-state index is 0.509. The van der Waals surface area contributed by atoms with Crippen molar-refractivity contribution in [1.29, 1.82) is 0 Å². The van der Waals surface area contributed by atoms with Gasteiger partial charge in [-0.15, -0.1) is 0 Å². The predicted molar refractivity (Wildman–Crippen MR) is 73.0 cm³/mol. The molecule has 1 heterocycles. The van der Waals surface area contributed by atoms with Gasteiger partial charge >= 0.3 is 0 Å². The van der Waals surface area contributed by atoms with E-state index in [4.69, 9.17) is 4.74 Å². The zero-order chi connectivity index (χ0) is 13.0. The van der Waals surface area contributed by atoms with Gasteiger partial charge in [0.25, 0.3) is 0 Å². The molecule has 0 amide bonds. The zero-order valence-electron chi connectivity index (χ0n) is 11.6. The van der Waals surface area contributed by atoms with Gasteiger partial charge < -0.3 is 10.1 Å². The Morgan fingerprint density at radius 1 is 1.39 bits per heavy atom. The molecule has 18 heavy (non-hydrogen) atoms. The van der Waals surface area contributed by atoms with Gasteiger partial charge in [-0.2, -0.15) is 4.98 Å². The molecule has 1 saturated carbocycles. The van der Waals surface area contributed by atoms with Crippen molar-refractivity contribution in [3.8, 4) is 5.88 Å². The fourth-order valence-electron chi connectivity index (χ4n) is 2.68. The number of rotatable bonds is 4. The predicted octanol–water partition coefficient (Wildman–Crippen LogP) is 3.17. The van der Waals surface area contributed by atoms with Gasteiger partial charge in [0.2, 0.25) is 11.8 Å². The summed E-state index contributed by atoms with van der Waals surface area (Å²) < 4.78 is 5.18. The molecule has 0 radical (unpaired) electrons. The molecule has 0 aliphatic heterocycles. The van der Waals surface area contributed by atoms with Gasteiger partial charge in [0.05, 0.1) is 7.11 Å². The maximum absolute atomic E-state index is 5.18. The molecule has 4 nitrogen and oxygen atoms in total. The Balaban J connectivity index is 2.02. The maximum atomic E-state index is 5.18. The van der Waals surface area contributed by atoms with Crippen LogP contribution in [0, 0.1) is 12.8 Å². The van der Waals surface area contributed by atoms with Crippen molar-refractivity contribution >= 4 is 5.95 Å². The van der Waals surface area contributed by atoms with Gasteiger partial charge in [0.15, 0.2) is 0 Å². The summed E-state index contributed by atoms with van der Waals surface area (Å²) in [6.45, 7) is 4.24. The van der Waals surface area contributed by atoms with E-state index >= 15 is 0 Å². The molecule has 2 atom stereocenters.